The fraction of sp³-hybridized carbons (Fsp3) is 0.300. The van der Waals surface area contributed by atoms with Gasteiger partial charge in [0.1, 0.15) is 0 Å². The van der Waals surface area contributed by atoms with Crippen LogP contribution in [0.4, 0.5) is 0 Å². The second kappa shape index (κ2) is 8.74. The fourth-order valence-corrected chi connectivity index (χ4v) is 4.69. The average Bonchev–Trinajstić information content (AvgIpc) is 3.33. The maximum atomic E-state index is 12.3. The third kappa shape index (κ3) is 4.46. The summed E-state index contributed by atoms with van der Waals surface area (Å²) in [6.07, 6.45) is 2.04. The Morgan fingerprint density at radius 3 is 2.25 bits per heavy atom. The van der Waals surface area contributed by atoms with E-state index in [9.17, 15) is 4.79 Å². The summed E-state index contributed by atoms with van der Waals surface area (Å²) >= 11 is 13.6. The maximum absolute atomic E-state index is 12.3. The summed E-state index contributed by atoms with van der Waals surface area (Å²) in [6.45, 7) is 1.25. The zero-order chi connectivity index (χ0) is 19.5. The van der Waals surface area contributed by atoms with Crippen molar-refractivity contribution in [2.45, 2.75) is 35.9 Å². The second-order valence-electron chi connectivity index (χ2n) is 6.66. The number of H-pyrrole nitrogens is 1. The molecule has 0 amide bonds. The summed E-state index contributed by atoms with van der Waals surface area (Å²) in [4.78, 5) is 12.3. The molecule has 4 rings (SSSR count). The molecule has 1 aliphatic heterocycles. The van der Waals surface area contributed by atoms with E-state index in [-0.39, 0.29) is 17.0 Å². The number of thioether (sulfide) groups is 1. The van der Waals surface area contributed by atoms with E-state index >= 15 is 0 Å². The molecule has 1 fully saturated rings. The number of benzene rings is 2. The standard InChI is InChI=1S/C20H19Cl2N3O2S/c21-15-7-3-13(4-8-15)18(14-5-9-16(22)10-6-14)28-20-24-23-19(26)25(20)12-17-2-1-11-27-17/h3-10,17-18H,1-2,11-12H2,(H,23,26)/t17-/m1/s1. The Hall–Kier alpha value is -1.73. The van der Waals surface area contributed by atoms with Gasteiger partial charge in [-0.3, -0.25) is 4.57 Å². The molecule has 1 aliphatic rings. The van der Waals surface area contributed by atoms with Gasteiger partial charge in [0.15, 0.2) is 5.16 Å². The minimum Gasteiger partial charge on any atom is -0.376 e. The van der Waals surface area contributed by atoms with E-state index in [0.717, 1.165) is 30.6 Å². The first kappa shape index (κ1) is 19.6. The van der Waals surface area contributed by atoms with E-state index in [1.54, 1.807) is 4.57 Å². The molecule has 3 aromatic rings. The van der Waals surface area contributed by atoms with Crippen molar-refractivity contribution in [2.24, 2.45) is 0 Å². The topological polar surface area (TPSA) is 59.9 Å². The highest BCUT2D eigenvalue weighted by molar-refractivity contribution is 7.99. The van der Waals surface area contributed by atoms with E-state index in [1.807, 2.05) is 48.5 Å². The monoisotopic (exact) mass is 435 g/mol. The minimum atomic E-state index is -0.219. The van der Waals surface area contributed by atoms with Crippen LogP contribution < -0.4 is 5.69 Å². The third-order valence-electron chi connectivity index (χ3n) is 4.70. The van der Waals surface area contributed by atoms with Crippen LogP contribution in [0.2, 0.25) is 10.0 Å². The Balaban J connectivity index is 1.67. The van der Waals surface area contributed by atoms with Crippen LogP contribution in [0, 0.1) is 0 Å². The fourth-order valence-electron chi connectivity index (χ4n) is 3.26. The van der Waals surface area contributed by atoms with E-state index in [4.69, 9.17) is 27.9 Å². The molecule has 0 spiro atoms. The molecule has 0 unspecified atom stereocenters. The van der Waals surface area contributed by atoms with Crippen molar-refractivity contribution in [2.75, 3.05) is 6.61 Å². The van der Waals surface area contributed by atoms with Crippen LogP contribution in [0.25, 0.3) is 0 Å². The SMILES string of the molecule is O=c1[nH]nc(SC(c2ccc(Cl)cc2)c2ccc(Cl)cc2)n1C[C@H]1CCCO1. The summed E-state index contributed by atoms with van der Waals surface area (Å²) < 4.78 is 7.36. The highest BCUT2D eigenvalue weighted by Gasteiger charge is 2.23. The summed E-state index contributed by atoms with van der Waals surface area (Å²) in [5.41, 5.74) is 1.91. The van der Waals surface area contributed by atoms with Crippen LogP contribution in [-0.4, -0.2) is 27.5 Å². The van der Waals surface area contributed by atoms with Crippen molar-refractivity contribution in [3.8, 4) is 0 Å². The Bertz CT molecular complexity index is 934. The number of aromatic amines is 1. The highest BCUT2D eigenvalue weighted by Crippen LogP contribution is 2.40. The lowest BCUT2D eigenvalue weighted by atomic mass is 10.0. The Kier molecular flexibility index (Phi) is 6.11. The second-order valence-corrected chi connectivity index (χ2v) is 8.60. The molecule has 2 aromatic carbocycles. The van der Waals surface area contributed by atoms with Gasteiger partial charge in [0.05, 0.1) is 17.9 Å². The summed E-state index contributed by atoms with van der Waals surface area (Å²) in [6, 6.07) is 15.4. The summed E-state index contributed by atoms with van der Waals surface area (Å²) in [7, 11) is 0. The van der Waals surface area contributed by atoms with Gasteiger partial charge in [-0.2, -0.15) is 0 Å². The van der Waals surface area contributed by atoms with Gasteiger partial charge in [-0.25, -0.2) is 9.89 Å². The lowest BCUT2D eigenvalue weighted by molar-refractivity contribution is 0.0941. The van der Waals surface area contributed by atoms with Crippen LogP contribution in [0.5, 0.6) is 0 Å². The normalized spacial score (nSPS) is 16.8. The molecule has 0 saturated carbocycles. The smallest absolute Gasteiger partial charge is 0.344 e. The third-order valence-corrected chi connectivity index (χ3v) is 6.51. The summed E-state index contributed by atoms with van der Waals surface area (Å²) in [5, 5.41) is 8.77. The molecule has 0 aliphatic carbocycles. The molecule has 8 heteroatoms. The number of ether oxygens (including phenoxy) is 1. The lowest BCUT2D eigenvalue weighted by Crippen LogP contribution is -2.25. The zero-order valence-electron chi connectivity index (χ0n) is 15.0. The largest absolute Gasteiger partial charge is 0.376 e. The Labute approximate surface area is 177 Å². The van der Waals surface area contributed by atoms with Gasteiger partial charge < -0.3 is 4.74 Å². The Morgan fingerprint density at radius 2 is 1.71 bits per heavy atom. The van der Waals surface area contributed by atoms with Crippen LogP contribution in [0.15, 0.2) is 58.5 Å². The molecule has 0 bridgehead atoms. The molecule has 1 aromatic heterocycles. The number of aromatic nitrogens is 3. The minimum absolute atomic E-state index is 0.0548. The quantitative estimate of drug-likeness (QED) is 0.557. The number of hydrogen-bond donors (Lipinski definition) is 1. The molecular weight excluding hydrogens is 417 g/mol. The molecule has 1 atom stereocenters. The van der Waals surface area contributed by atoms with Crippen LogP contribution in [-0.2, 0) is 11.3 Å². The molecule has 2 heterocycles. The highest BCUT2D eigenvalue weighted by atomic mass is 35.5. The van der Waals surface area contributed by atoms with Gasteiger partial charge in [0.25, 0.3) is 0 Å². The zero-order valence-corrected chi connectivity index (χ0v) is 17.3. The number of rotatable bonds is 6. The molecule has 1 N–H and O–H groups in total. The molecule has 1 saturated heterocycles. The number of nitrogens with one attached hydrogen (secondary N) is 1. The molecule has 5 nitrogen and oxygen atoms in total. The lowest BCUT2D eigenvalue weighted by Gasteiger charge is -2.18. The van der Waals surface area contributed by atoms with Crippen molar-refractivity contribution in [1.29, 1.82) is 0 Å². The Morgan fingerprint density at radius 1 is 1.11 bits per heavy atom. The first-order chi connectivity index (χ1) is 13.6. The van der Waals surface area contributed by atoms with E-state index in [2.05, 4.69) is 10.2 Å². The van der Waals surface area contributed by atoms with Crippen molar-refractivity contribution in [3.05, 3.63) is 80.2 Å². The molecular formula is C20H19Cl2N3O2S. The van der Waals surface area contributed by atoms with Gasteiger partial charge in [-0.05, 0) is 48.2 Å². The van der Waals surface area contributed by atoms with Gasteiger partial charge in [-0.15, -0.1) is 5.10 Å². The van der Waals surface area contributed by atoms with Crippen molar-refractivity contribution < 1.29 is 4.74 Å². The van der Waals surface area contributed by atoms with Crippen molar-refractivity contribution in [3.63, 3.8) is 0 Å². The predicted octanol–water partition coefficient (Wildman–Crippen LogP) is 4.94. The molecule has 146 valence electrons. The van der Waals surface area contributed by atoms with E-state index in [1.165, 1.54) is 11.8 Å². The number of hydrogen-bond acceptors (Lipinski definition) is 4. The van der Waals surface area contributed by atoms with E-state index < -0.39 is 0 Å². The van der Waals surface area contributed by atoms with Crippen LogP contribution in [0.1, 0.15) is 29.2 Å². The summed E-state index contributed by atoms with van der Waals surface area (Å²) in [5.74, 6) is 0. The van der Waals surface area contributed by atoms with Gasteiger partial charge in [0, 0.05) is 16.7 Å². The maximum Gasteiger partial charge on any atom is 0.344 e. The molecule has 28 heavy (non-hydrogen) atoms. The number of halogens is 2. The average molecular weight is 436 g/mol. The van der Waals surface area contributed by atoms with Crippen LogP contribution in [0.3, 0.4) is 0 Å². The van der Waals surface area contributed by atoms with Crippen molar-refractivity contribution >= 4 is 35.0 Å². The van der Waals surface area contributed by atoms with Gasteiger partial charge in [-0.1, -0.05) is 59.2 Å². The van der Waals surface area contributed by atoms with E-state index in [0.29, 0.717) is 21.7 Å². The first-order valence-corrected chi connectivity index (χ1v) is 10.7. The van der Waals surface area contributed by atoms with Gasteiger partial charge >= 0.3 is 5.69 Å². The predicted molar refractivity (Wildman–Crippen MR) is 112 cm³/mol. The van der Waals surface area contributed by atoms with Gasteiger partial charge in [0.2, 0.25) is 0 Å². The van der Waals surface area contributed by atoms with Crippen LogP contribution >= 0.6 is 35.0 Å². The first-order valence-electron chi connectivity index (χ1n) is 9.04. The van der Waals surface area contributed by atoms with Crippen molar-refractivity contribution in [1.82, 2.24) is 14.8 Å². The molecule has 0 radical (unpaired) electrons. The number of nitrogens with zero attached hydrogens (tertiary/aromatic N) is 2.